The minimum absolute atomic E-state index is 0.0203. The Balaban J connectivity index is 2.15. The second kappa shape index (κ2) is 6.81. The van der Waals surface area contributed by atoms with E-state index >= 15 is 0 Å². The summed E-state index contributed by atoms with van der Waals surface area (Å²) in [5, 5.41) is 3.29. The number of hydrogen-bond acceptors (Lipinski definition) is 2. The van der Waals surface area contributed by atoms with E-state index in [0.29, 0.717) is 6.54 Å². The van der Waals surface area contributed by atoms with Gasteiger partial charge in [0.1, 0.15) is 0 Å². The minimum Gasteiger partial charge on any atom is -0.377 e. The van der Waals surface area contributed by atoms with Crippen molar-refractivity contribution >= 4 is 21.6 Å². The molecule has 5 heteroatoms. The fraction of sp³-hybridized carbons (Fsp3) is 0.200. The van der Waals surface area contributed by atoms with Gasteiger partial charge in [-0.25, -0.2) is 8.78 Å². The zero-order valence-electron chi connectivity index (χ0n) is 10.7. The van der Waals surface area contributed by atoms with Gasteiger partial charge in [-0.05, 0) is 23.8 Å². The summed E-state index contributed by atoms with van der Waals surface area (Å²) >= 11 is 3.40. The molecular weight excluding hydrogens is 326 g/mol. The van der Waals surface area contributed by atoms with Crippen LogP contribution < -0.4 is 11.1 Å². The molecule has 20 heavy (non-hydrogen) atoms. The van der Waals surface area contributed by atoms with Crippen LogP contribution in [0.25, 0.3) is 0 Å². The molecule has 0 saturated heterocycles. The molecule has 0 aromatic heterocycles. The third-order valence-corrected chi connectivity index (χ3v) is 3.49. The van der Waals surface area contributed by atoms with Crippen molar-refractivity contribution in [3.05, 3.63) is 64.1 Å². The lowest BCUT2D eigenvalue weighted by Gasteiger charge is -2.19. The highest BCUT2D eigenvalue weighted by molar-refractivity contribution is 9.10. The van der Waals surface area contributed by atoms with E-state index in [1.165, 1.54) is 12.1 Å². The summed E-state index contributed by atoms with van der Waals surface area (Å²) in [6.45, 7) is 0.376. The third kappa shape index (κ3) is 3.77. The van der Waals surface area contributed by atoms with Crippen molar-refractivity contribution in [2.24, 2.45) is 5.73 Å². The Hall–Kier alpha value is -1.46. The zero-order valence-corrected chi connectivity index (χ0v) is 12.3. The van der Waals surface area contributed by atoms with E-state index < -0.39 is 6.43 Å². The van der Waals surface area contributed by atoms with E-state index in [4.69, 9.17) is 5.73 Å². The van der Waals surface area contributed by atoms with Crippen LogP contribution in [-0.2, 0) is 0 Å². The molecule has 0 fully saturated rings. The normalized spacial score (nSPS) is 12.4. The van der Waals surface area contributed by atoms with Gasteiger partial charge in [0.05, 0.1) is 6.04 Å². The van der Waals surface area contributed by atoms with Crippen LogP contribution in [0, 0.1) is 0 Å². The van der Waals surface area contributed by atoms with Gasteiger partial charge in [-0.3, -0.25) is 0 Å². The smallest absolute Gasteiger partial charge is 0.263 e. The first-order chi connectivity index (χ1) is 9.60. The topological polar surface area (TPSA) is 38.0 Å². The van der Waals surface area contributed by atoms with E-state index in [-0.39, 0.29) is 11.6 Å². The fourth-order valence-corrected chi connectivity index (χ4v) is 2.33. The molecule has 106 valence electrons. The maximum Gasteiger partial charge on any atom is 0.263 e. The molecule has 0 aliphatic heterocycles. The molecule has 1 unspecified atom stereocenters. The second-order valence-corrected chi connectivity index (χ2v) is 5.33. The molecule has 0 heterocycles. The van der Waals surface area contributed by atoms with Crippen LogP contribution in [0.4, 0.5) is 14.5 Å². The van der Waals surface area contributed by atoms with Gasteiger partial charge in [0.25, 0.3) is 6.43 Å². The van der Waals surface area contributed by atoms with E-state index in [9.17, 15) is 8.78 Å². The molecule has 0 aliphatic rings. The Labute approximate surface area is 125 Å². The Kier molecular flexibility index (Phi) is 5.09. The van der Waals surface area contributed by atoms with E-state index in [1.807, 2.05) is 24.3 Å². The number of alkyl halides is 2. The number of hydrogen-bond donors (Lipinski definition) is 2. The predicted molar refractivity (Wildman–Crippen MR) is 81.0 cm³/mol. The van der Waals surface area contributed by atoms with Crippen LogP contribution in [0.2, 0.25) is 0 Å². The maximum atomic E-state index is 12.5. The van der Waals surface area contributed by atoms with E-state index in [2.05, 4.69) is 21.2 Å². The fourth-order valence-electron chi connectivity index (χ4n) is 1.93. The first-order valence-corrected chi connectivity index (χ1v) is 6.99. The molecule has 0 bridgehead atoms. The average molecular weight is 341 g/mol. The van der Waals surface area contributed by atoms with Gasteiger partial charge in [0, 0.05) is 22.3 Å². The molecule has 2 nitrogen and oxygen atoms in total. The monoisotopic (exact) mass is 340 g/mol. The van der Waals surface area contributed by atoms with Gasteiger partial charge in [-0.1, -0.05) is 46.3 Å². The van der Waals surface area contributed by atoms with Crippen molar-refractivity contribution in [1.29, 1.82) is 0 Å². The largest absolute Gasteiger partial charge is 0.377 e. The van der Waals surface area contributed by atoms with Gasteiger partial charge >= 0.3 is 0 Å². The number of halogens is 3. The number of rotatable bonds is 5. The Morgan fingerprint density at radius 1 is 1.05 bits per heavy atom. The van der Waals surface area contributed by atoms with Crippen LogP contribution >= 0.6 is 15.9 Å². The van der Waals surface area contributed by atoms with Crippen LogP contribution in [0.3, 0.4) is 0 Å². The van der Waals surface area contributed by atoms with Crippen molar-refractivity contribution in [3.8, 4) is 0 Å². The highest BCUT2D eigenvalue weighted by atomic mass is 79.9. The van der Waals surface area contributed by atoms with E-state index in [1.54, 1.807) is 12.1 Å². The van der Waals surface area contributed by atoms with Crippen LogP contribution in [-0.4, -0.2) is 6.54 Å². The average Bonchev–Trinajstić information content (AvgIpc) is 2.45. The standard InChI is InChI=1S/C15H15BrF2N2/c16-12-2-1-3-13(8-12)20-14(9-19)10-4-6-11(7-5-10)15(17)18/h1-8,14-15,20H,9,19H2. The predicted octanol–water partition coefficient (Wildman–Crippen LogP) is 4.50. The Morgan fingerprint density at radius 2 is 1.70 bits per heavy atom. The quantitative estimate of drug-likeness (QED) is 0.840. The van der Waals surface area contributed by atoms with Gasteiger partial charge in [-0.15, -0.1) is 0 Å². The highest BCUT2D eigenvalue weighted by Gasteiger charge is 2.12. The molecule has 2 rings (SSSR count). The summed E-state index contributed by atoms with van der Waals surface area (Å²) in [5.41, 5.74) is 7.60. The number of anilines is 1. The van der Waals surface area contributed by atoms with Gasteiger partial charge in [-0.2, -0.15) is 0 Å². The van der Waals surface area contributed by atoms with Crippen molar-refractivity contribution in [2.45, 2.75) is 12.5 Å². The maximum absolute atomic E-state index is 12.5. The zero-order chi connectivity index (χ0) is 14.5. The van der Waals surface area contributed by atoms with Crippen LogP contribution in [0.5, 0.6) is 0 Å². The molecular formula is C15H15BrF2N2. The molecule has 2 aromatic rings. The molecule has 0 aliphatic carbocycles. The van der Waals surface area contributed by atoms with Crippen LogP contribution in [0.1, 0.15) is 23.6 Å². The van der Waals surface area contributed by atoms with Crippen molar-refractivity contribution in [3.63, 3.8) is 0 Å². The summed E-state index contributed by atoms with van der Waals surface area (Å²) in [7, 11) is 0. The number of nitrogens with one attached hydrogen (secondary N) is 1. The minimum atomic E-state index is -2.45. The highest BCUT2D eigenvalue weighted by Crippen LogP contribution is 2.24. The van der Waals surface area contributed by atoms with Crippen molar-refractivity contribution in [1.82, 2.24) is 0 Å². The molecule has 0 spiro atoms. The summed E-state index contributed by atoms with van der Waals surface area (Å²) in [6, 6.07) is 13.8. The molecule has 0 radical (unpaired) electrons. The lowest BCUT2D eigenvalue weighted by molar-refractivity contribution is 0.151. The van der Waals surface area contributed by atoms with E-state index in [0.717, 1.165) is 15.7 Å². The summed E-state index contributed by atoms with van der Waals surface area (Å²) in [6.07, 6.45) is -2.45. The number of benzene rings is 2. The second-order valence-electron chi connectivity index (χ2n) is 4.41. The van der Waals surface area contributed by atoms with Gasteiger partial charge in [0.15, 0.2) is 0 Å². The molecule has 2 aromatic carbocycles. The van der Waals surface area contributed by atoms with Crippen molar-refractivity contribution in [2.75, 3.05) is 11.9 Å². The summed E-state index contributed by atoms with van der Waals surface area (Å²) < 4.78 is 26.0. The molecule has 0 saturated carbocycles. The molecule has 0 amide bonds. The van der Waals surface area contributed by atoms with Gasteiger partial charge in [0.2, 0.25) is 0 Å². The third-order valence-electron chi connectivity index (χ3n) is 2.99. The first kappa shape index (κ1) is 14.9. The molecule has 1 atom stereocenters. The Morgan fingerprint density at radius 3 is 2.25 bits per heavy atom. The van der Waals surface area contributed by atoms with Gasteiger partial charge < -0.3 is 11.1 Å². The number of nitrogens with two attached hydrogens (primary N) is 1. The SMILES string of the molecule is NCC(Nc1cccc(Br)c1)c1ccc(C(F)F)cc1. The molecule has 3 N–H and O–H groups in total. The lowest BCUT2D eigenvalue weighted by atomic mass is 10.0. The van der Waals surface area contributed by atoms with Crippen molar-refractivity contribution < 1.29 is 8.78 Å². The first-order valence-electron chi connectivity index (χ1n) is 6.20. The van der Waals surface area contributed by atoms with Crippen LogP contribution in [0.15, 0.2) is 53.0 Å². The lowest BCUT2D eigenvalue weighted by Crippen LogP contribution is -2.20. The Bertz CT molecular complexity index is 558. The summed E-state index contributed by atoms with van der Waals surface area (Å²) in [4.78, 5) is 0. The summed E-state index contributed by atoms with van der Waals surface area (Å²) in [5.74, 6) is 0.